The highest BCUT2D eigenvalue weighted by Gasteiger charge is 2.25. The van der Waals surface area contributed by atoms with E-state index in [0.717, 1.165) is 19.6 Å². The minimum atomic E-state index is 0.365. The van der Waals surface area contributed by atoms with Crippen LogP contribution in [0.15, 0.2) is 0 Å². The number of ether oxygens (including phenoxy) is 2. The third kappa shape index (κ3) is 6.91. The topological polar surface area (TPSA) is 18.5 Å². The summed E-state index contributed by atoms with van der Waals surface area (Å²) in [5.41, 5.74) is 0.365. The number of hydrogen-bond donors (Lipinski definition) is 0. The Morgan fingerprint density at radius 2 is 1.40 bits per heavy atom. The monoisotopic (exact) mass is 216 g/mol. The molecule has 0 aliphatic heterocycles. The SMILES string of the molecule is CCC(COC)C(COC)CC(C)(C)C. The first-order valence-corrected chi connectivity index (χ1v) is 5.92. The second kappa shape index (κ2) is 7.24. The first kappa shape index (κ1) is 14.9. The summed E-state index contributed by atoms with van der Waals surface area (Å²) < 4.78 is 10.6. The van der Waals surface area contributed by atoms with Gasteiger partial charge in [0, 0.05) is 27.4 Å². The Kier molecular flexibility index (Phi) is 7.20. The van der Waals surface area contributed by atoms with Crippen LogP contribution in [0.5, 0.6) is 0 Å². The summed E-state index contributed by atoms with van der Waals surface area (Å²) in [5, 5.41) is 0. The lowest BCUT2D eigenvalue weighted by molar-refractivity contribution is 0.0480. The average Bonchev–Trinajstić information content (AvgIpc) is 2.11. The van der Waals surface area contributed by atoms with E-state index in [1.54, 1.807) is 14.2 Å². The van der Waals surface area contributed by atoms with E-state index in [1.165, 1.54) is 6.42 Å². The first-order chi connectivity index (χ1) is 6.94. The van der Waals surface area contributed by atoms with Crippen LogP contribution >= 0.6 is 0 Å². The van der Waals surface area contributed by atoms with E-state index in [9.17, 15) is 0 Å². The minimum Gasteiger partial charge on any atom is -0.384 e. The van der Waals surface area contributed by atoms with Gasteiger partial charge in [0.1, 0.15) is 0 Å². The summed E-state index contributed by atoms with van der Waals surface area (Å²) >= 11 is 0. The van der Waals surface area contributed by atoms with E-state index in [4.69, 9.17) is 9.47 Å². The Labute approximate surface area is 95.3 Å². The highest BCUT2D eigenvalue weighted by Crippen LogP contribution is 2.30. The predicted molar refractivity (Wildman–Crippen MR) is 65.1 cm³/mol. The van der Waals surface area contributed by atoms with Crippen molar-refractivity contribution < 1.29 is 9.47 Å². The van der Waals surface area contributed by atoms with Crippen molar-refractivity contribution in [3.8, 4) is 0 Å². The second-order valence-corrected chi connectivity index (χ2v) is 5.60. The van der Waals surface area contributed by atoms with Crippen molar-refractivity contribution in [2.24, 2.45) is 17.3 Å². The lowest BCUT2D eigenvalue weighted by Gasteiger charge is -2.31. The second-order valence-electron chi connectivity index (χ2n) is 5.60. The summed E-state index contributed by atoms with van der Waals surface area (Å²) in [6, 6.07) is 0. The third-order valence-corrected chi connectivity index (χ3v) is 2.83. The van der Waals surface area contributed by atoms with Gasteiger partial charge in [-0.15, -0.1) is 0 Å². The highest BCUT2D eigenvalue weighted by molar-refractivity contribution is 4.75. The van der Waals surface area contributed by atoms with Gasteiger partial charge in [-0.2, -0.15) is 0 Å². The predicted octanol–water partition coefficient (Wildman–Crippen LogP) is 3.36. The van der Waals surface area contributed by atoms with E-state index in [2.05, 4.69) is 27.7 Å². The molecule has 2 unspecified atom stereocenters. The van der Waals surface area contributed by atoms with Gasteiger partial charge >= 0.3 is 0 Å². The molecule has 0 aliphatic rings. The Bertz CT molecular complexity index is 149. The van der Waals surface area contributed by atoms with Gasteiger partial charge in [0.25, 0.3) is 0 Å². The molecule has 0 aliphatic carbocycles. The maximum absolute atomic E-state index is 5.32. The van der Waals surface area contributed by atoms with E-state index in [-0.39, 0.29) is 0 Å². The van der Waals surface area contributed by atoms with Crippen molar-refractivity contribution in [3.05, 3.63) is 0 Å². The summed E-state index contributed by atoms with van der Waals surface area (Å²) in [5.74, 6) is 1.23. The van der Waals surface area contributed by atoms with Crippen LogP contribution in [-0.2, 0) is 9.47 Å². The lowest BCUT2D eigenvalue weighted by atomic mass is 9.78. The molecule has 0 aromatic carbocycles. The van der Waals surface area contributed by atoms with E-state index < -0.39 is 0 Å². The van der Waals surface area contributed by atoms with Gasteiger partial charge in [0.15, 0.2) is 0 Å². The molecule has 0 N–H and O–H groups in total. The molecule has 0 amide bonds. The van der Waals surface area contributed by atoms with Crippen molar-refractivity contribution in [1.29, 1.82) is 0 Å². The molecule has 0 saturated heterocycles. The fourth-order valence-corrected chi connectivity index (χ4v) is 2.16. The quantitative estimate of drug-likeness (QED) is 0.649. The third-order valence-electron chi connectivity index (χ3n) is 2.83. The van der Waals surface area contributed by atoms with Gasteiger partial charge in [-0.1, -0.05) is 34.1 Å². The average molecular weight is 216 g/mol. The summed E-state index contributed by atoms with van der Waals surface area (Å²) in [6.07, 6.45) is 2.36. The van der Waals surface area contributed by atoms with Crippen molar-refractivity contribution in [2.75, 3.05) is 27.4 Å². The molecular weight excluding hydrogens is 188 g/mol. The molecule has 0 saturated carbocycles. The zero-order valence-electron chi connectivity index (χ0n) is 11.3. The van der Waals surface area contributed by atoms with Gasteiger partial charge in [-0.3, -0.25) is 0 Å². The zero-order chi connectivity index (χ0) is 11.9. The highest BCUT2D eigenvalue weighted by atomic mass is 16.5. The van der Waals surface area contributed by atoms with Crippen molar-refractivity contribution in [1.82, 2.24) is 0 Å². The molecule has 92 valence electrons. The fourth-order valence-electron chi connectivity index (χ4n) is 2.16. The molecule has 0 fully saturated rings. The van der Waals surface area contributed by atoms with Crippen LogP contribution in [0, 0.1) is 17.3 Å². The molecule has 0 radical (unpaired) electrons. The van der Waals surface area contributed by atoms with Crippen LogP contribution in [-0.4, -0.2) is 27.4 Å². The Balaban J connectivity index is 4.33. The molecule has 0 rings (SSSR count). The maximum Gasteiger partial charge on any atom is 0.0494 e. The van der Waals surface area contributed by atoms with Crippen LogP contribution in [0.3, 0.4) is 0 Å². The lowest BCUT2D eigenvalue weighted by Crippen LogP contribution is -2.27. The molecular formula is C13H28O2. The maximum atomic E-state index is 5.32. The smallest absolute Gasteiger partial charge is 0.0494 e. The summed E-state index contributed by atoms with van der Waals surface area (Å²) in [7, 11) is 3.57. The van der Waals surface area contributed by atoms with Gasteiger partial charge in [-0.25, -0.2) is 0 Å². The van der Waals surface area contributed by atoms with Crippen LogP contribution in [0.25, 0.3) is 0 Å². The van der Waals surface area contributed by atoms with E-state index in [1.807, 2.05) is 0 Å². The summed E-state index contributed by atoms with van der Waals surface area (Å²) in [4.78, 5) is 0. The largest absolute Gasteiger partial charge is 0.384 e. The van der Waals surface area contributed by atoms with Gasteiger partial charge in [-0.05, 0) is 23.7 Å². The number of hydrogen-bond acceptors (Lipinski definition) is 2. The van der Waals surface area contributed by atoms with E-state index >= 15 is 0 Å². The fraction of sp³-hybridized carbons (Fsp3) is 1.00. The molecule has 0 heterocycles. The Morgan fingerprint density at radius 3 is 1.73 bits per heavy atom. The molecule has 0 aromatic heterocycles. The normalized spacial score (nSPS) is 16.4. The van der Waals surface area contributed by atoms with Crippen molar-refractivity contribution in [3.63, 3.8) is 0 Å². The summed E-state index contributed by atoms with van der Waals surface area (Å²) in [6.45, 7) is 10.8. The van der Waals surface area contributed by atoms with Gasteiger partial charge < -0.3 is 9.47 Å². The van der Waals surface area contributed by atoms with Crippen LogP contribution < -0.4 is 0 Å². The van der Waals surface area contributed by atoms with Crippen molar-refractivity contribution >= 4 is 0 Å². The minimum absolute atomic E-state index is 0.365. The first-order valence-electron chi connectivity index (χ1n) is 5.92. The Hall–Kier alpha value is -0.0800. The van der Waals surface area contributed by atoms with Crippen molar-refractivity contribution in [2.45, 2.75) is 40.5 Å². The standard InChI is InChI=1S/C13H28O2/c1-7-11(9-14-5)12(10-15-6)8-13(2,3)4/h11-12H,7-10H2,1-6H3. The number of rotatable bonds is 7. The molecule has 15 heavy (non-hydrogen) atoms. The molecule has 0 aromatic rings. The molecule has 2 heteroatoms. The zero-order valence-corrected chi connectivity index (χ0v) is 11.3. The van der Waals surface area contributed by atoms with E-state index in [0.29, 0.717) is 17.3 Å². The van der Waals surface area contributed by atoms with Gasteiger partial charge in [0.05, 0.1) is 0 Å². The molecule has 2 atom stereocenters. The number of methoxy groups -OCH3 is 2. The van der Waals surface area contributed by atoms with Crippen LogP contribution in [0.4, 0.5) is 0 Å². The molecule has 2 nitrogen and oxygen atoms in total. The molecule has 0 spiro atoms. The molecule has 0 bridgehead atoms. The van der Waals surface area contributed by atoms with Gasteiger partial charge in [0.2, 0.25) is 0 Å². The van der Waals surface area contributed by atoms with Crippen LogP contribution in [0.1, 0.15) is 40.5 Å². The van der Waals surface area contributed by atoms with Crippen LogP contribution in [0.2, 0.25) is 0 Å². The Morgan fingerprint density at radius 1 is 0.933 bits per heavy atom.